The second kappa shape index (κ2) is 9.65. The number of methoxy groups -OCH3 is 2. The highest BCUT2D eigenvalue weighted by atomic mass is 16.5. The minimum atomic E-state index is -0.206. The first-order valence-corrected chi connectivity index (χ1v) is 8.62. The van der Waals surface area contributed by atoms with E-state index in [9.17, 15) is 4.79 Å². The van der Waals surface area contributed by atoms with Crippen molar-refractivity contribution in [2.45, 2.75) is 26.8 Å². The molecule has 2 aromatic rings. The first kappa shape index (κ1) is 19.6. The van der Waals surface area contributed by atoms with E-state index in [1.807, 2.05) is 6.07 Å². The van der Waals surface area contributed by atoms with Gasteiger partial charge < -0.3 is 19.5 Å². The van der Waals surface area contributed by atoms with Crippen molar-refractivity contribution >= 4 is 5.91 Å². The van der Waals surface area contributed by atoms with Crippen LogP contribution in [0.1, 0.15) is 36.2 Å². The first-order chi connectivity index (χ1) is 12.5. The number of nitrogens with zero attached hydrogens (tertiary/aromatic N) is 1. The number of amides is 1. The average molecular weight is 358 g/mol. The maximum atomic E-state index is 12.4. The van der Waals surface area contributed by atoms with E-state index < -0.39 is 0 Å². The van der Waals surface area contributed by atoms with Gasteiger partial charge in [-0.3, -0.25) is 4.79 Å². The molecule has 1 N–H and O–H groups in total. The van der Waals surface area contributed by atoms with Gasteiger partial charge in [-0.25, -0.2) is 4.98 Å². The van der Waals surface area contributed by atoms with Gasteiger partial charge in [0.25, 0.3) is 5.91 Å². The third-order valence-electron chi connectivity index (χ3n) is 3.86. The van der Waals surface area contributed by atoms with E-state index in [0.717, 1.165) is 12.0 Å². The number of rotatable bonds is 9. The predicted molar refractivity (Wildman–Crippen MR) is 99.9 cm³/mol. The molecule has 0 atom stereocenters. The van der Waals surface area contributed by atoms with Crippen molar-refractivity contribution in [1.29, 1.82) is 0 Å². The second-order valence-electron chi connectivity index (χ2n) is 6.25. The molecule has 0 aliphatic carbocycles. The molecule has 0 aliphatic heterocycles. The van der Waals surface area contributed by atoms with Crippen molar-refractivity contribution in [3.05, 3.63) is 47.7 Å². The van der Waals surface area contributed by atoms with Gasteiger partial charge in [-0.2, -0.15) is 0 Å². The van der Waals surface area contributed by atoms with Gasteiger partial charge in [0, 0.05) is 23.9 Å². The standard InChI is InChI=1S/C20H26N2O4/c1-14(2)9-11-26-17-8-7-15(12-18(17)24-3)19(23)22-13-16-6-5-10-21-20(16)25-4/h5-8,10,12,14H,9,11,13H2,1-4H3,(H,22,23). The van der Waals surface area contributed by atoms with Crippen molar-refractivity contribution < 1.29 is 19.0 Å². The second-order valence-corrected chi connectivity index (χ2v) is 6.25. The Balaban J connectivity index is 2.02. The van der Waals surface area contributed by atoms with Crippen molar-refractivity contribution in [3.8, 4) is 17.4 Å². The Kier molecular flexibility index (Phi) is 7.26. The number of carbonyl (C=O) groups excluding carboxylic acids is 1. The maximum Gasteiger partial charge on any atom is 0.251 e. The predicted octanol–water partition coefficient (Wildman–Crippen LogP) is 3.45. The highest BCUT2D eigenvalue weighted by Crippen LogP contribution is 2.28. The SMILES string of the molecule is COc1cc(C(=O)NCc2cccnc2OC)ccc1OCCC(C)C. The summed E-state index contributed by atoms with van der Waals surface area (Å²) in [6, 6.07) is 8.83. The van der Waals surface area contributed by atoms with Gasteiger partial charge in [0.15, 0.2) is 11.5 Å². The third kappa shape index (κ3) is 5.37. The van der Waals surface area contributed by atoms with E-state index in [1.54, 1.807) is 44.7 Å². The molecule has 26 heavy (non-hydrogen) atoms. The molecule has 0 saturated carbocycles. The smallest absolute Gasteiger partial charge is 0.251 e. The van der Waals surface area contributed by atoms with E-state index in [4.69, 9.17) is 14.2 Å². The molecule has 2 rings (SSSR count). The van der Waals surface area contributed by atoms with Crippen LogP contribution in [0.5, 0.6) is 17.4 Å². The average Bonchev–Trinajstić information content (AvgIpc) is 2.66. The van der Waals surface area contributed by atoms with E-state index in [2.05, 4.69) is 24.1 Å². The van der Waals surface area contributed by atoms with Crippen LogP contribution < -0.4 is 19.5 Å². The molecule has 140 valence electrons. The lowest BCUT2D eigenvalue weighted by Crippen LogP contribution is -2.23. The van der Waals surface area contributed by atoms with Crippen LogP contribution in [-0.4, -0.2) is 31.7 Å². The largest absolute Gasteiger partial charge is 0.493 e. The van der Waals surface area contributed by atoms with Crippen LogP contribution >= 0.6 is 0 Å². The Labute approximate surface area is 154 Å². The first-order valence-electron chi connectivity index (χ1n) is 8.62. The molecule has 0 bridgehead atoms. The lowest BCUT2D eigenvalue weighted by atomic mass is 10.1. The monoisotopic (exact) mass is 358 g/mol. The lowest BCUT2D eigenvalue weighted by Gasteiger charge is -2.13. The zero-order chi connectivity index (χ0) is 18.9. The maximum absolute atomic E-state index is 12.4. The molecule has 0 unspecified atom stereocenters. The van der Waals surface area contributed by atoms with Crippen LogP contribution in [0.25, 0.3) is 0 Å². The third-order valence-corrected chi connectivity index (χ3v) is 3.86. The van der Waals surface area contributed by atoms with Crippen molar-refractivity contribution in [2.24, 2.45) is 5.92 Å². The Morgan fingerprint density at radius 2 is 1.96 bits per heavy atom. The fraction of sp³-hybridized carbons (Fsp3) is 0.400. The van der Waals surface area contributed by atoms with E-state index in [-0.39, 0.29) is 5.91 Å². The van der Waals surface area contributed by atoms with Gasteiger partial charge in [-0.15, -0.1) is 0 Å². The summed E-state index contributed by atoms with van der Waals surface area (Å²) in [5.41, 5.74) is 1.31. The number of nitrogens with one attached hydrogen (secondary N) is 1. The summed E-state index contributed by atoms with van der Waals surface area (Å²) < 4.78 is 16.3. The molecule has 1 heterocycles. The Morgan fingerprint density at radius 1 is 1.15 bits per heavy atom. The molecule has 0 saturated heterocycles. The fourth-order valence-electron chi connectivity index (χ4n) is 2.35. The van der Waals surface area contributed by atoms with Gasteiger partial charge >= 0.3 is 0 Å². The van der Waals surface area contributed by atoms with E-state index in [1.165, 1.54) is 0 Å². The molecule has 6 nitrogen and oxygen atoms in total. The molecular weight excluding hydrogens is 332 g/mol. The number of hydrogen-bond acceptors (Lipinski definition) is 5. The van der Waals surface area contributed by atoms with Gasteiger partial charge in [-0.05, 0) is 36.6 Å². The molecule has 0 radical (unpaired) electrons. The minimum Gasteiger partial charge on any atom is -0.493 e. The van der Waals surface area contributed by atoms with E-state index in [0.29, 0.717) is 42.0 Å². The van der Waals surface area contributed by atoms with Crippen molar-refractivity contribution in [2.75, 3.05) is 20.8 Å². The number of pyridine rings is 1. The normalized spacial score (nSPS) is 10.5. The number of aromatic nitrogens is 1. The van der Waals surface area contributed by atoms with Crippen LogP contribution in [0, 0.1) is 5.92 Å². The summed E-state index contributed by atoms with van der Waals surface area (Å²) in [4.78, 5) is 16.5. The van der Waals surface area contributed by atoms with Gasteiger partial charge in [-0.1, -0.05) is 19.9 Å². The summed E-state index contributed by atoms with van der Waals surface area (Å²) >= 11 is 0. The number of hydrogen-bond donors (Lipinski definition) is 1. The summed E-state index contributed by atoms with van der Waals surface area (Å²) in [5.74, 6) is 2.04. The highest BCUT2D eigenvalue weighted by Gasteiger charge is 2.12. The van der Waals surface area contributed by atoms with E-state index >= 15 is 0 Å². The van der Waals surface area contributed by atoms with Crippen LogP contribution in [0.4, 0.5) is 0 Å². The Bertz CT molecular complexity index is 732. The van der Waals surface area contributed by atoms with Crippen LogP contribution in [-0.2, 0) is 6.54 Å². The molecule has 6 heteroatoms. The fourth-order valence-corrected chi connectivity index (χ4v) is 2.35. The summed E-state index contributed by atoms with van der Waals surface area (Å²) in [6.07, 6.45) is 2.60. The van der Waals surface area contributed by atoms with Crippen molar-refractivity contribution in [1.82, 2.24) is 10.3 Å². The number of carbonyl (C=O) groups is 1. The van der Waals surface area contributed by atoms with Crippen LogP contribution in [0.3, 0.4) is 0 Å². The zero-order valence-corrected chi connectivity index (χ0v) is 15.7. The summed E-state index contributed by atoms with van der Waals surface area (Å²) in [6.45, 7) is 5.22. The Hall–Kier alpha value is -2.76. The minimum absolute atomic E-state index is 0.206. The van der Waals surface area contributed by atoms with Crippen LogP contribution in [0.2, 0.25) is 0 Å². The van der Waals surface area contributed by atoms with Crippen LogP contribution in [0.15, 0.2) is 36.5 Å². The quantitative estimate of drug-likeness (QED) is 0.743. The molecule has 1 aromatic heterocycles. The van der Waals surface area contributed by atoms with Gasteiger partial charge in [0.05, 0.1) is 20.8 Å². The number of benzene rings is 1. The van der Waals surface area contributed by atoms with Crippen molar-refractivity contribution in [3.63, 3.8) is 0 Å². The highest BCUT2D eigenvalue weighted by molar-refractivity contribution is 5.94. The number of ether oxygens (including phenoxy) is 3. The summed E-state index contributed by atoms with van der Waals surface area (Å²) in [7, 11) is 3.11. The Morgan fingerprint density at radius 3 is 2.65 bits per heavy atom. The lowest BCUT2D eigenvalue weighted by molar-refractivity contribution is 0.0950. The molecular formula is C20H26N2O4. The van der Waals surface area contributed by atoms with Gasteiger partial charge in [0.1, 0.15) is 0 Å². The molecule has 0 fully saturated rings. The van der Waals surface area contributed by atoms with Gasteiger partial charge in [0.2, 0.25) is 5.88 Å². The molecule has 1 amide bonds. The molecule has 0 aliphatic rings. The zero-order valence-electron chi connectivity index (χ0n) is 15.7. The topological polar surface area (TPSA) is 69.7 Å². The summed E-state index contributed by atoms with van der Waals surface area (Å²) in [5, 5.41) is 2.86. The molecule has 0 spiro atoms. The molecule has 1 aromatic carbocycles.